The van der Waals surface area contributed by atoms with E-state index in [4.69, 9.17) is 5.73 Å². The largest absolute Gasteiger partial charge is 0.399 e. The number of hydrogen-bond donors (Lipinski definition) is 3. The molecular weight excluding hydrogens is 238 g/mol. The van der Waals surface area contributed by atoms with Crippen LogP contribution in [0.1, 0.15) is 25.7 Å². The lowest BCUT2D eigenvalue weighted by Crippen LogP contribution is -2.34. The zero-order chi connectivity index (χ0) is 13.2. The van der Waals surface area contributed by atoms with Gasteiger partial charge in [0, 0.05) is 17.9 Å². The SMILES string of the molecule is Nc1ccc(NC(=O)NCC(C2CC2)C2CC2)cc1. The van der Waals surface area contributed by atoms with Crippen LogP contribution in [0.2, 0.25) is 0 Å². The summed E-state index contributed by atoms with van der Waals surface area (Å²) in [5.74, 6) is 2.44. The molecule has 0 bridgehead atoms. The first-order valence-corrected chi connectivity index (χ1v) is 7.13. The normalized spacial score (nSPS) is 18.4. The standard InChI is InChI=1S/C15H21N3O/c16-12-5-7-13(8-6-12)18-15(19)17-9-14(10-1-2-10)11-3-4-11/h5-8,10-11,14H,1-4,9,16H2,(H2,17,18,19). The third-order valence-electron chi connectivity index (χ3n) is 4.12. The van der Waals surface area contributed by atoms with Gasteiger partial charge in [-0.05, 0) is 67.7 Å². The second-order valence-corrected chi connectivity index (χ2v) is 5.80. The smallest absolute Gasteiger partial charge is 0.319 e. The number of nitrogen functional groups attached to an aromatic ring is 1. The lowest BCUT2D eigenvalue weighted by Gasteiger charge is -2.16. The van der Waals surface area contributed by atoms with Gasteiger partial charge in [0.1, 0.15) is 0 Å². The minimum absolute atomic E-state index is 0.115. The van der Waals surface area contributed by atoms with Crippen LogP contribution >= 0.6 is 0 Å². The number of amides is 2. The van der Waals surface area contributed by atoms with E-state index in [0.717, 1.165) is 24.1 Å². The second-order valence-electron chi connectivity index (χ2n) is 5.80. The van der Waals surface area contributed by atoms with Gasteiger partial charge < -0.3 is 16.4 Å². The Kier molecular flexibility index (Phi) is 3.32. The zero-order valence-corrected chi connectivity index (χ0v) is 11.1. The summed E-state index contributed by atoms with van der Waals surface area (Å²) < 4.78 is 0. The fraction of sp³-hybridized carbons (Fsp3) is 0.533. The minimum atomic E-state index is -0.115. The highest BCUT2D eigenvalue weighted by molar-refractivity contribution is 5.89. The van der Waals surface area contributed by atoms with E-state index in [2.05, 4.69) is 10.6 Å². The van der Waals surface area contributed by atoms with Gasteiger partial charge in [0.2, 0.25) is 0 Å². The van der Waals surface area contributed by atoms with Gasteiger partial charge in [0.15, 0.2) is 0 Å². The summed E-state index contributed by atoms with van der Waals surface area (Å²) in [5, 5.41) is 5.84. The summed E-state index contributed by atoms with van der Waals surface area (Å²) in [7, 11) is 0. The van der Waals surface area contributed by atoms with Gasteiger partial charge in [0.05, 0.1) is 0 Å². The second kappa shape index (κ2) is 5.11. The molecule has 2 aliphatic rings. The molecule has 4 heteroatoms. The number of nitrogens with one attached hydrogen (secondary N) is 2. The number of urea groups is 1. The van der Waals surface area contributed by atoms with Crippen molar-refractivity contribution in [2.75, 3.05) is 17.6 Å². The molecule has 3 rings (SSSR count). The van der Waals surface area contributed by atoms with E-state index >= 15 is 0 Å². The van der Waals surface area contributed by atoms with E-state index in [9.17, 15) is 4.79 Å². The first kappa shape index (κ1) is 12.3. The highest BCUT2D eigenvalue weighted by Gasteiger charge is 2.41. The Labute approximate surface area is 113 Å². The summed E-state index contributed by atoms with van der Waals surface area (Å²) in [6.07, 6.45) is 5.40. The minimum Gasteiger partial charge on any atom is -0.399 e. The van der Waals surface area contributed by atoms with Crippen LogP contribution in [0.25, 0.3) is 0 Å². The zero-order valence-electron chi connectivity index (χ0n) is 11.1. The van der Waals surface area contributed by atoms with E-state index in [0.29, 0.717) is 11.6 Å². The highest BCUT2D eigenvalue weighted by atomic mass is 16.2. The number of anilines is 2. The molecule has 2 aliphatic carbocycles. The molecule has 0 radical (unpaired) electrons. The van der Waals surface area contributed by atoms with E-state index < -0.39 is 0 Å². The number of rotatable bonds is 5. The topological polar surface area (TPSA) is 67.1 Å². The molecule has 0 unspecified atom stereocenters. The van der Waals surface area contributed by atoms with Crippen LogP contribution in [0.15, 0.2) is 24.3 Å². The average molecular weight is 259 g/mol. The molecule has 1 aromatic rings. The van der Waals surface area contributed by atoms with Crippen LogP contribution in [-0.4, -0.2) is 12.6 Å². The number of carbonyl (C=O) groups is 1. The molecule has 19 heavy (non-hydrogen) atoms. The molecule has 0 spiro atoms. The van der Waals surface area contributed by atoms with Crippen molar-refractivity contribution in [2.45, 2.75) is 25.7 Å². The molecule has 1 aromatic carbocycles. The van der Waals surface area contributed by atoms with Crippen molar-refractivity contribution in [2.24, 2.45) is 17.8 Å². The van der Waals surface area contributed by atoms with E-state index in [-0.39, 0.29) is 6.03 Å². The average Bonchev–Trinajstić information content (AvgIpc) is 3.26. The molecule has 0 atom stereocenters. The quantitative estimate of drug-likeness (QED) is 0.712. The number of benzene rings is 1. The van der Waals surface area contributed by atoms with Crippen LogP contribution in [-0.2, 0) is 0 Å². The Hall–Kier alpha value is -1.71. The van der Waals surface area contributed by atoms with Gasteiger partial charge in [-0.25, -0.2) is 4.79 Å². The van der Waals surface area contributed by atoms with Gasteiger partial charge in [-0.1, -0.05) is 0 Å². The van der Waals surface area contributed by atoms with E-state index in [1.54, 1.807) is 12.1 Å². The third kappa shape index (κ3) is 3.40. The maximum Gasteiger partial charge on any atom is 0.319 e. The number of carbonyl (C=O) groups excluding carboxylic acids is 1. The van der Waals surface area contributed by atoms with Crippen molar-refractivity contribution in [3.63, 3.8) is 0 Å². The van der Waals surface area contributed by atoms with E-state index in [1.807, 2.05) is 12.1 Å². The van der Waals surface area contributed by atoms with Crippen LogP contribution in [0.4, 0.5) is 16.2 Å². The molecule has 4 nitrogen and oxygen atoms in total. The van der Waals surface area contributed by atoms with Gasteiger partial charge in [0.25, 0.3) is 0 Å². The van der Waals surface area contributed by atoms with Gasteiger partial charge in [-0.2, -0.15) is 0 Å². The number of hydrogen-bond acceptors (Lipinski definition) is 2. The Morgan fingerprint density at radius 3 is 2.26 bits per heavy atom. The Bertz CT molecular complexity index is 437. The molecule has 2 saturated carbocycles. The molecule has 4 N–H and O–H groups in total. The van der Waals surface area contributed by atoms with Crippen molar-refractivity contribution in [1.29, 1.82) is 0 Å². The number of nitrogens with two attached hydrogens (primary N) is 1. The van der Waals surface area contributed by atoms with Crippen molar-refractivity contribution < 1.29 is 4.79 Å². The molecule has 0 aromatic heterocycles. The van der Waals surface area contributed by atoms with Crippen molar-refractivity contribution in [1.82, 2.24) is 5.32 Å². The summed E-state index contributed by atoms with van der Waals surface area (Å²) in [5.41, 5.74) is 7.09. The molecule has 102 valence electrons. The predicted molar refractivity (Wildman–Crippen MR) is 76.8 cm³/mol. The summed E-state index contributed by atoms with van der Waals surface area (Å²) in [4.78, 5) is 11.8. The molecular formula is C15H21N3O. The molecule has 0 saturated heterocycles. The maximum atomic E-state index is 11.8. The van der Waals surface area contributed by atoms with Gasteiger partial charge in [-0.15, -0.1) is 0 Å². The van der Waals surface area contributed by atoms with Crippen LogP contribution in [0.5, 0.6) is 0 Å². The van der Waals surface area contributed by atoms with Crippen LogP contribution < -0.4 is 16.4 Å². The first-order valence-electron chi connectivity index (χ1n) is 7.13. The lowest BCUT2D eigenvalue weighted by atomic mass is 9.98. The monoisotopic (exact) mass is 259 g/mol. The predicted octanol–water partition coefficient (Wildman–Crippen LogP) is 2.83. The molecule has 0 heterocycles. The van der Waals surface area contributed by atoms with Crippen molar-refractivity contribution in [3.05, 3.63) is 24.3 Å². The lowest BCUT2D eigenvalue weighted by molar-refractivity contribution is 0.248. The van der Waals surface area contributed by atoms with Crippen molar-refractivity contribution in [3.8, 4) is 0 Å². The van der Waals surface area contributed by atoms with Gasteiger partial charge in [-0.3, -0.25) is 0 Å². The fourth-order valence-corrected chi connectivity index (χ4v) is 2.72. The maximum absolute atomic E-state index is 11.8. The summed E-state index contributed by atoms with van der Waals surface area (Å²) in [6, 6.07) is 7.08. The third-order valence-corrected chi connectivity index (χ3v) is 4.12. The highest BCUT2D eigenvalue weighted by Crippen LogP contribution is 2.48. The summed E-state index contributed by atoms with van der Waals surface area (Å²) in [6.45, 7) is 0.816. The first-order chi connectivity index (χ1) is 9.22. The Balaban J connectivity index is 1.46. The van der Waals surface area contributed by atoms with Crippen LogP contribution in [0, 0.1) is 17.8 Å². The fourth-order valence-electron chi connectivity index (χ4n) is 2.72. The Morgan fingerprint density at radius 1 is 1.16 bits per heavy atom. The molecule has 2 amide bonds. The Morgan fingerprint density at radius 2 is 1.74 bits per heavy atom. The van der Waals surface area contributed by atoms with Gasteiger partial charge >= 0.3 is 6.03 Å². The summed E-state index contributed by atoms with van der Waals surface area (Å²) >= 11 is 0. The molecule has 0 aliphatic heterocycles. The van der Waals surface area contributed by atoms with Crippen molar-refractivity contribution >= 4 is 17.4 Å². The van der Waals surface area contributed by atoms with E-state index in [1.165, 1.54) is 25.7 Å². The van der Waals surface area contributed by atoms with Crippen LogP contribution in [0.3, 0.4) is 0 Å². The molecule has 2 fully saturated rings.